The van der Waals surface area contributed by atoms with Crippen molar-refractivity contribution in [1.29, 1.82) is 0 Å². The molecule has 1 unspecified atom stereocenters. The minimum Gasteiger partial charge on any atom is -0.450 e. The summed E-state index contributed by atoms with van der Waals surface area (Å²) >= 11 is 5.79. The second kappa shape index (κ2) is 7.11. The average Bonchev–Trinajstić information content (AvgIpc) is 3.03. The third-order valence-corrected chi connectivity index (χ3v) is 4.39. The number of amides is 1. The summed E-state index contributed by atoms with van der Waals surface area (Å²) < 4.78 is 5.58. The van der Waals surface area contributed by atoms with Crippen molar-refractivity contribution in [3.05, 3.63) is 63.2 Å². The van der Waals surface area contributed by atoms with Gasteiger partial charge in [-0.25, -0.2) is 0 Å². The SMILES string of the molecule is CC1CCN(C(=O)c2ccc(Oc3ccc(Cl)cc3[N+](=O)[O-])cc2)C1. The second-order valence-electron chi connectivity index (χ2n) is 6.14. The molecule has 1 aliphatic heterocycles. The summed E-state index contributed by atoms with van der Waals surface area (Å²) in [5.74, 6) is 1.03. The lowest BCUT2D eigenvalue weighted by Crippen LogP contribution is -2.28. The van der Waals surface area contributed by atoms with E-state index >= 15 is 0 Å². The third kappa shape index (κ3) is 3.91. The molecule has 0 aromatic heterocycles. The number of nitro benzene ring substituents is 1. The van der Waals surface area contributed by atoms with Crippen LogP contribution in [0.15, 0.2) is 42.5 Å². The molecule has 0 saturated carbocycles. The number of carbonyl (C=O) groups is 1. The number of benzene rings is 2. The molecule has 1 heterocycles. The summed E-state index contributed by atoms with van der Waals surface area (Å²) in [6.45, 7) is 3.67. The topological polar surface area (TPSA) is 72.7 Å². The van der Waals surface area contributed by atoms with Crippen molar-refractivity contribution in [3.63, 3.8) is 0 Å². The maximum atomic E-state index is 12.4. The molecule has 25 heavy (non-hydrogen) atoms. The van der Waals surface area contributed by atoms with Gasteiger partial charge in [0.1, 0.15) is 5.75 Å². The van der Waals surface area contributed by atoms with Crippen LogP contribution in [0.5, 0.6) is 11.5 Å². The molecule has 130 valence electrons. The van der Waals surface area contributed by atoms with Gasteiger partial charge >= 0.3 is 5.69 Å². The Morgan fingerprint density at radius 2 is 2.00 bits per heavy atom. The summed E-state index contributed by atoms with van der Waals surface area (Å²) in [6, 6.07) is 10.8. The molecular weight excluding hydrogens is 344 g/mol. The first-order chi connectivity index (χ1) is 11.9. The highest BCUT2D eigenvalue weighted by Crippen LogP contribution is 2.33. The van der Waals surface area contributed by atoms with Crippen LogP contribution in [0.2, 0.25) is 5.02 Å². The zero-order chi connectivity index (χ0) is 18.0. The smallest absolute Gasteiger partial charge is 0.313 e. The number of rotatable bonds is 4. The Bertz CT molecular complexity index is 807. The Balaban J connectivity index is 1.75. The highest BCUT2D eigenvalue weighted by Gasteiger charge is 2.24. The Labute approximate surface area is 150 Å². The van der Waals surface area contributed by atoms with Crippen molar-refractivity contribution in [2.24, 2.45) is 5.92 Å². The molecule has 2 aromatic carbocycles. The zero-order valence-corrected chi connectivity index (χ0v) is 14.4. The lowest BCUT2D eigenvalue weighted by atomic mass is 10.1. The van der Waals surface area contributed by atoms with E-state index in [1.807, 2.05) is 4.90 Å². The molecule has 0 radical (unpaired) electrons. The maximum Gasteiger partial charge on any atom is 0.313 e. The minimum atomic E-state index is -0.548. The molecule has 7 heteroatoms. The Morgan fingerprint density at radius 1 is 1.28 bits per heavy atom. The molecule has 6 nitrogen and oxygen atoms in total. The summed E-state index contributed by atoms with van der Waals surface area (Å²) in [5, 5.41) is 11.4. The van der Waals surface area contributed by atoms with Crippen LogP contribution >= 0.6 is 11.6 Å². The monoisotopic (exact) mass is 360 g/mol. The van der Waals surface area contributed by atoms with Gasteiger partial charge in [0.05, 0.1) is 4.92 Å². The van der Waals surface area contributed by atoms with Crippen molar-refractivity contribution in [3.8, 4) is 11.5 Å². The van der Waals surface area contributed by atoms with Gasteiger partial charge in [-0.05, 0) is 48.7 Å². The van der Waals surface area contributed by atoms with E-state index in [4.69, 9.17) is 16.3 Å². The van der Waals surface area contributed by atoms with E-state index in [0.29, 0.717) is 17.2 Å². The van der Waals surface area contributed by atoms with Gasteiger partial charge in [-0.3, -0.25) is 14.9 Å². The van der Waals surface area contributed by atoms with E-state index in [1.54, 1.807) is 24.3 Å². The highest BCUT2D eigenvalue weighted by molar-refractivity contribution is 6.30. The predicted molar refractivity (Wildman–Crippen MR) is 94.3 cm³/mol. The molecule has 1 fully saturated rings. The summed E-state index contributed by atoms with van der Waals surface area (Å²) in [5.41, 5.74) is 0.366. The lowest BCUT2D eigenvalue weighted by Gasteiger charge is -2.16. The zero-order valence-electron chi connectivity index (χ0n) is 13.6. The first kappa shape index (κ1) is 17.2. The van der Waals surface area contributed by atoms with Crippen molar-refractivity contribution >= 4 is 23.2 Å². The summed E-state index contributed by atoms with van der Waals surface area (Å²) in [6.07, 6.45) is 1.02. The summed E-state index contributed by atoms with van der Waals surface area (Å²) in [7, 11) is 0. The predicted octanol–water partition coefficient (Wildman–Crippen LogP) is 4.52. The minimum absolute atomic E-state index is 0.00614. The third-order valence-electron chi connectivity index (χ3n) is 4.16. The van der Waals surface area contributed by atoms with Crippen LogP contribution in [-0.4, -0.2) is 28.8 Å². The number of likely N-dealkylation sites (tertiary alicyclic amines) is 1. The van der Waals surface area contributed by atoms with Crippen LogP contribution in [-0.2, 0) is 0 Å². The first-order valence-corrected chi connectivity index (χ1v) is 8.33. The van der Waals surface area contributed by atoms with E-state index in [0.717, 1.165) is 19.5 Å². The van der Waals surface area contributed by atoms with Crippen LogP contribution in [0.3, 0.4) is 0 Å². The van der Waals surface area contributed by atoms with E-state index < -0.39 is 4.92 Å². The molecule has 0 spiro atoms. The van der Waals surface area contributed by atoms with Crippen LogP contribution in [0.25, 0.3) is 0 Å². The largest absolute Gasteiger partial charge is 0.450 e. The molecule has 3 rings (SSSR count). The number of hydrogen-bond acceptors (Lipinski definition) is 4. The van der Waals surface area contributed by atoms with Crippen LogP contribution in [0, 0.1) is 16.0 Å². The number of ether oxygens (including phenoxy) is 1. The molecule has 0 bridgehead atoms. The van der Waals surface area contributed by atoms with Crippen molar-refractivity contribution in [2.45, 2.75) is 13.3 Å². The molecule has 1 atom stereocenters. The number of halogens is 1. The van der Waals surface area contributed by atoms with E-state index in [9.17, 15) is 14.9 Å². The molecule has 0 aliphatic carbocycles. The van der Waals surface area contributed by atoms with Crippen molar-refractivity contribution < 1.29 is 14.5 Å². The fraction of sp³-hybridized carbons (Fsp3) is 0.278. The Kier molecular flexibility index (Phi) is 4.90. The van der Waals surface area contributed by atoms with Gasteiger partial charge < -0.3 is 9.64 Å². The summed E-state index contributed by atoms with van der Waals surface area (Å²) in [4.78, 5) is 24.8. The van der Waals surface area contributed by atoms with Crippen LogP contribution in [0.4, 0.5) is 5.69 Å². The van der Waals surface area contributed by atoms with Crippen LogP contribution < -0.4 is 4.74 Å². The Morgan fingerprint density at radius 3 is 2.60 bits per heavy atom. The second-order valence-corrected chi connectivity index (χ2v) is 6.58. The Hall–Kier alpha value is -2.60. The van der Waals surface area contributed by atoms with E-state index in [1.165, 1.54) is 18.2 Å². The quantitative estimate of drug-likeness (QED) is 0.593. The number of nitrogens with zero attached hydrogens (tertiary/aromatic N) is 2. The van der Waals surface area contributed by atoms with Crippen molar-refractivity contribution in [2.75, 3.05) is 13.1 Å². The van der Waals surface area contributed by atoms with Crippen LogP contribution in [0.1, 0.15) is 23.7 Å². The molecule has 1 amide bonds. The first-order valence-electron chi connectivity index (χ1n) is 7.95. The number of carbonyl (C=O) groups excluding carboxylic acids is 1. The maximum absolute atomic E-state index is 12.4. The number of hydrogen-bond donors (Lipinski definition) is 0. The molecular formula is C18H17ClN2O4. The molecule has 1 saturated heterocycles. The standard InChI is InChI=1S/C18H17ClN2O4/c1-12-8-9-20(11-12)18(22)13-2-5-15(6-3-13)25-17-7-4-14(19)10-16(17)21(23)24/h2-7,10,12H,8-9,11H2,1H3. The van der Waals surface area contributed by atoms with E-state index in [2.05, 4.69) is 6.92 Å². The van der Waals surface area contributed by atoms with Gasteiger partial charge in [-0.15, -0.1) is 0 Å². The highest BCUT2D eigenvalue weighted by atomic mass is 35.5. The van der Waals surface area contributed by atoms with Gasteiger partial charge in [0.15, 0.2) is 0 Å². The van der Waals surface area contributed by atoms with Gasteiger partial charge in [0, 0.05) is 29.7 Å². The molecule has 1 aliphatic rings. The van der Waals surface area contributed by atoms with Gasteiger partial charge in [0.2, 0.25) is 5.75 Å². The van der Waals surface area contributed by atoms with Gasteiger partial charge in [0.25, 0.3) is 5.91 Å². The fourth-order valence-corrected chi connectivity index (χ4v) is 2.98. The number of nitro groups is 1. The van der Waals surface area contributed by atoms with E-state index in [-0.39, 0.29) is 22.4 Å². The van der Waals surface area contributed by atoms with Crippen molar-refractivity contribution in [1.82, 2.24) is 4.90 Å². The fourth-order valence-electron chi connectivity index (χ4n) is 2.81. The molecule has 0 N–H and O–H groups in total. The lowest BCUT2D eigenvalue weighted by molar-refractivity contribution is -0.385. The average molecular weight is 361 g/mol. The molecule has 2 aromatic rings. The van der Waals surface area contributed by atoms with Gasteiger partial charge in [-0.1, -0.05) is 18.5 Å². The normalized spacial score (nSPS) is 16.7. The van der Waals surface area contributed by atoms with Gasteiger partial charge in [-0.2, -0.15) is 0 Å².